The first-order chi connectivity index (χ1) is 31.4. The van der Waals surface area contributed by atoms with Gasteiger partial charge in [-0.25, -0.2) is 9.59 Å². The zero-order chi connectivity index (χ0) is 45.7. The maximum absolute atomic E-state index is 12.6. The second-order valence-corrected chi connectivity index (χ2v) is 13.8. The lowest BCUT2D eigenvalue weighted by atomic mass is 9.98. The van der Waals surface area contributed by atoms with Gasteiger partial charge in [-0.2, -0.15) is 0 Å². The van der Waals surface area contributed by atoms with Crippen LogP contribution in [0.15, 0.2) is 53.6 Å². The van der Waals surface area contributed by atoms with E-state index >= 15 is 0 Å². The second-order valence-electron chi connectivity index (χ2n) is 13.8. The van der Waals surface area contributed by atoms with Crippen molar-refractivity contribution in [2.75, 3.05) is 145 Å². The second kappa shape index (κ2) is 35.4. The minimum Gasteiger partial charge on any atom is -0.480 e. The summed E-state index contributed by atoms with van der Waals surface area (Å²) < 4.78 is 54.2. The number of carboxylic acids is 1. The summed E-state index contributed by atoms with van der Waals surface area (Å²) >= 11 is 0. The van der Waals surface area contributed by atoms with Gasteiger partial charge in [-0.3, -0.25) is 9.59 Å². The van der Waals surface area contributed by atoms with Crippen LogP contribution in [0.5, 0.6) is 0 Å². The molecule has 1 unspecified atom stereocenters. The van der Waals surface area contributed by atoms with Gasteiger partial charge in [-0.15, -0.1) is 0 Å². The van der Waals surface area contributed by atoms with Gasteiger partial charge >= 0.3 is 12.1 Å². The van der Waals surface area contributed by atoms with Gasteiger partial charge in [0, 0.05) is 43.3 Å². The lowest BCUT2D eigenvalue weighted by Gasteiger charge is -2.17. The topological polar surface area (TPSA) is 266 Å². The molecule has 0 heterocycles. The third kappa shape index (κ3) is 24.2. The first kappa shape index (κ1) is 53.4. The quantitative estimate of drug-likeness (QED) is 0.0324. The summed E-state index contributed by atoms with van der Waals surface area (Å²) in [6.45, 7) is 8.10. The molecule has 21 heteroatoms. The number of carboxylic acid groups (broad SMARTS) is 1. The van der Waals surface area contributed by atoms with Crippen LogP contribution in [0.4, 0.5) is 4.79 Å². The fourth-order valence-corrected chi connectivity index (χ4v) is 6.07. The van der Waals surface area contributed by atoms with Gasteiger partial charge in [0.15, 0.2) is 0 Å². The molecule has 64 heavy (non-hydrogen) atoms. The number of alkyl carbamates (subject to hydrolysis) is 1. The summed E-state index contributed by atoms with van der Waals surface area (Å²) in [5.74, 6) is -2.13. The minimum absolute atomic E-state index is 0.0343. The summed E-state index contributed by atoms with van der Waals surface area (Å²) in [5.41, 5.74) is 12.4. The number of hydrogen-bond donors (Lipinski definition) is 4. The van der Waals surface area contributed by atoms with E-state index < -0.39 is 24.0 Å². The van der Waals surface area contributed by atoms with Crippen molar-refractivity contribution in [1.29, 1.82) is 0 Å². The van der Waals surface area contributed by atoms with Crippen LogP contribution < -0.4 is 16.0 Å². The molecule has 0 aliphatic heterocycles. The number of fused-ring (bicyclic) bond motifs is 3. The fourth-order valence-electron chi connectivity index (χ4n) is 6.07. The standard InChI is InChI=1S/C43H64N6O15/c44-49-47-14-16-56-18-20-58-22-24-60-26-28-62-30-32-63-31-29-61-27-25-59-23-21-57-19-17-55-15-11-41(51)46-13-12-45-40(50)10-9-39(42(52)53)48-43(54)64-33-38-36-7-3-1-5-34(36)35-6-2-4-8-37(35)38/h1-8,38-39H,9-33H2,(H,45,50)(H,46,51)(H,48,54)(H,52,53). The van der Waals surface area contributed by atoms with Crippen molar-refractivity contribution in [3.63, 3.8) is 0 Å². The third-order valence-electron chi connectivity index (χ3n) is 9.21. The highest BCUT2D eigenvalue weighted by atomic mass is 16.6. The average Bonchev–Trinajstić information content (AvgIpc) is 3.62. The number of benzene rings is 2. The highest BCUT2D eigenvalue weighted by molar-refractivity contribution is 5.82. The van der Waals surface area contributed by atoms with Crippen LogP contribution in [0.25, 0.3) is 21.6 Å². The molecule has 0 fully saturated rings. The Hall–Kier alpha value is -4.93. The van der Waals surface area contributed by atoms with Crippen molar-refractivity contribution in [2.45, 2.75) is 31.2 Å². The van der Waals surface area contributed by atoms with Crippen molar-refractivity contribution in [3.8, 4) is 11.1 Å². The monoisotopic (exact) mass is 904 g/mol. The molecular formula is C43H64N6O15. The van der Waals surface area contributed by atoms with Crippen LogP contribution in [0, 0.1) is 0 Å². The van der Waals surface area contributed by atoms with Crippen LogP contribution in [-0.2, 0) is 61.8 Å². The molecule has 1 aliphatic rings. The number of azide groups is 1. The van der Waals surface area contributed by atoms with E-state index in [1.165, 1.54) is 0 Å². The molecule has 1 atom stereocenters. The van der Waals surface area contributed by atoms with E-state index in [1.807, 2.05) is 48.5 Å². The number of aliphatic carboxylic acids is 1. The summed E-state index contributed by atoms with van der Waals surface area (Å²) in [6, 6.07) is 14.4. The van der Waals surface area contributed by atoms with E-state index in [0.717, 1.165) is 22.3 Å². The molecule has 3 rings (SSSR count). The van der Waals surface area contributed by atoms with Gasteiger partial charge in [0.1, 0.15) is 12.6 Å². The SMILES string of the molecule is [N-]=[N+]=NCCOCCOCCOCCOCCOCCOCCOCCOCCOCCC(=O)NCCNC(=O)CCC(NC(=O)OCC1c2ccccc2-c2ccccc21)C(=O)O. The van der Waals surface area contributed by atoms with Crippen molar-refractivity contribution in [2.24, 2.45) is 5.11 Å². The van der Waals surface area contributed by atoms with Crippen molar-refractivity contribution in [3.05, 3.63) is 70.1 Å². The predicted octanol–water partition coefficient (Wildman–Crippen LogP) is 2.84. The van der Waals surface area contributed by atoms with E-state index in [-0.39, 0.29) is 57.4 Å². The normalized spacial score (nSPS) is 12.2. The Kier molecular flexibility index (Phi) is 29.6. The Balaban J connectivity index is 1.02. The molecule has 0 aromatic heterocycles. The van der Waals surface area contributed by atoms with Gasteiger partial charge in [-0.05, 0) is 34.2 Å². The summed E-state index contributed by atoms with van der Waals surface area (Å²) in [6.07, 6.45) is -1.04. The van der Waals surface area contributed by atoms with E-state index in [2.05, 4.69) is 26.0 Å². The largest absolute Gasteiger partial charge is 0.480 e. The van der Waals surface area contributed by atoms with E-state index in [9.17, 15) is 24.3 Å². The highest BCUT2D eigenvalue weighted by Crippen LogP contribution is 2.44. The average molecular weight is 905 g/mol. The number of amides is 3. The van der Waals surface area contributed by atoms with Crippen LogP contribution in [0.1, 0.15) is 36.3 Å². The number of rotatable bonds is 40. The number of carbonyl (C=O) groups excluding carboxylic acids is 3. The number of nitrogens with one attached hydrogen (secondary N) is 3. The molecular weight excluding hydrogens is 840 g/mol. The minimum atomic E-state index is -1.32. The molecule has 21 nitrogen and oxygen atoms in total. The molecule has 0 radical (unpaired) electrons. The molecule has 1 aliphatic carbocycles. The van der Waals surface area contributed by atoms with E-state index in [1.54, 1.807) is 0 Å². The maximum atomic E-state index is 12.6. The van der Waals surface area contributed by atoms with Crippen molar-refractivity contribution in [1.82, 2.24) is 16.0 Å². The van der Waals surface area contributed by atoms with Gasteiger partial charge in [0.05, 0.1) is 119 Å². The number of hydrogen-bond acceptors (Lipinski definition) is 15. The summed E-state index contributed by atoms with van der Waals surface area (Å²) in [5, 5.41) is 20.7. The van der Waals surface area contributed by atoms with Crippen LogP contribution in [0.3, 0.4) is 0 Å². The number of carbonyl (C=O) groups is 4. The zero-order valence-electron chi connectivity index (χ0n) is 36.5. The molecule has 0 spiro atoms. The molecule has 4 N–H and O–H groups in total. The smallest absolute Gasteiger partial charge is 0.407 e. The molecule has 0 saturated carbocycles. The molecule has 2 aromatic carbocycles. The fraction of sp³-hybridized carbons (Fsp3) is 0.628. The van der Waals surface area contributed by atoms with Gasteiger partial charge in [0.2, 0.25) is 11.8 Å². The van der Waals surface area contributed by atoms with Crippen LogP contribution >= 0.6 is 0 Å². The van der Waals surface area contributed by atoms with Crippen LogP contribution in [0.2, 0.25) is 0 Å². The molecule has 0 bridgehead atoms. The number of nitrogens with zero attached hydrogens (tertiary/aromatic N) is 3. The Labute approximate surface area is 373 Å². The first-order valence-corrected chi connectivity index (χ1v) is 21.5. The van der Waals surface area contributed by atoms with Crippen LogP contribution in [-0.4, -0.2) is 180 Å². The lowest BCUT2D eigenvalue weighted by Crippen LogP contribution is -2.42. The Morgan fingerprint density at radius 1 is 0.578 bits per heavy atom. The molecule has 3 amide bonds. The summed E-state index contributed by atoms with van der Waals surface area (Å²) in [7, 11) is 0. The lowest BCUT2D eigenvalue weighted by molar-refractivity contribution is -0.139. The van der Waals surface area contributed by atoms with Crippen molar-refractivity contribution >= 4 is 23.9 Å². The van der Waals surface area contributed by atoms with Gasteiger partial charge in [-0.1, -0.05) is 53.6 Å². The van der Waals surface area contributed by atoms with E-state index in [0.29, 0.717) is 119 Å². The molecule has 2 aromatic rings. The Bertz CT molecular complexity index is 1620. The Morgan fingerprint density at radius 2 is 0.969 bits per heavy atom. The maximum Gasteiger partial charge on any atom is 0.407 e. The van der Waals surface area contributed by atoms with Gasteiger partial charge in [0.25, 0.3) is 0 Å². The zero-order valence-corrected chi connectivity index (χ0v) is 36.5. The predicted molar refractivity (Wildman–Crippen MR) is 231 cm³/mol. The Morgan fingerprint density at radius 3 is 1.39 bits per heavy atom. The van der Waals surface area contributed by atoms with Crippen molar-refractivity contribution < 1.29 is 71.7 Å². The van der Waals surface area contributed by atoms with E-state index in [4.69, 9.17) is 52.9 Å². The molecule has 356 valence electrons. The third-order valence-corrected chi connectivity index (χ3v) is 9.21. The number of ether oxygens (including phenoxy) is 10. The summed E-state index contributed by atoms with van der Waals surface area (Å²) in [4.78, 5) is 51.4. The molecule has 0 saturated heterocycles. The first-order valence-electron chi connectivity index (χ1n) is 21.5. The highest BCUT2D eigenvalue weighted by Gasteiger charge is 2.30. The van der Waals surface area contributed by atoms with Gasteiger partial charge < -0.3 is 68.4 Å².